The van der Waals surface area contributed by atoms with Crippen LogP contribution in [-0.4, -0.2) is 26.1 Å². The first-order chi connectivity index (χ1) is 12.0. The van der Waals surface area contributed by atoms with Crippen molar-refractivity contribution in [1.29, 1.82) is 0 Å². The summed E-state index contributed by atoms with van der Waals surface area (Å²) in [5.41, 5.74) is 2.35. The number of benzene rings is 2. The first-order valence-corrected chi connectivity index (χ1v) is 7.63. The molecule has 0 spiro atoms. The predicted molar refractivity (Wildman–Crippen MR) is 92.1 cm³/mol. The van der Waals surface area contributed by atoms with E-state index in [1.54, 1.807) is 30.3 Å². The molecule has 3 rings (SSSR count). The lowest BCUT2D eigenvalue weighted by molar-refractivity contribution is -0.114. The van der Waals surface area contributed by atoms with Crippen molar-refractivity contribution < 1.29 is 23.8 Å². The molecule has 1 aliphatic rings. The lowest BCUT2D eigenvalue weighted by Crippen LogP contribution is -2.11. The highest BCUT2D eigenvalue weighted by Gasteiger charge is 2.35. The molecule has 7 heteroatoms. The van der Waals surface area contributed by atoms with Crippen LogP contribution < -0.4 is 20.1 Å². The van der Waals surface area contributed by atoms with Gasteiger partial charge in [-0.1, -0.05) is 6.07 Å². The van der Waals surface area contributed by atoms with Crippen molar-refractivity contribution in [2.75, 3.05) is 24.9 Å². The molecule has 0 fully saturated rings. The van der Waals surface area contributed by atoms with Gasteiger partial charge in [0.05, 0.1) is 14.2 Å². The van der Waals surface area contributed by atoms with Gasteiger partial charge in [0, 0.05) is 23.9 Å². The molecule has 130 valence electrons. The fourth-order valence-corrected chi connectivity index (χ4v) is 2.75. The van der Waals surface area contributed by atoms with Gasteiger partial charge in [-0.3, -0.25) is 4.79 Å². The quantitative estimate of drug-likeness (QED) is 0.813. The summed E-state index contributed by atoms with van der Waals surface area (Å²) in [5.74, 6) is 0.167. The van der Waals surface area contributed by atoms with Gasteiger partial charge in [0.1, 0.15) is 5.56 Å². The first-order valence-electron chi connectivity index (χ1n) is 7.63. The Labute approximate surface area is 144 Å². The normalized spacial score (nSPS) is 15.2. The van der Waals surface area contributed by atoms with Crippen LogP contribution in [0, 0.1) is 0 Å². The Morgan fingerprint density at radius 1 is 1.12 bits per heavy atom. The van der Waals surface area contributed by atoms with Gasteiger partial charge >= 0.3 is 5.97 Å². The second kappa shape index (κ2) is 6.72. The summed E-state index contributed by atoms with van der Waals surface area (Å²) in [6, 6.07) is 10.6. The molecule has 25 heavy (non-hydrogen) atoms. The molecule has 0 radical (unpaired) electrons. The van der Waals surface area contributed by atoms with Crippen molar-refractivity contribution in [2.24, 2.45) is 0 Å². The van der Waals surface area contributed by atoms with E-state index >= 15 is 0 Å². The van der Waals surface area contributed by atoms with E-state index in [0.29, 0.717) is 34.0 Å². The van der Waals surface area contributed by atoms with Gasteiger partial charge in [-0.05, 0) is 30.3 Å². The molecule has 7 nitrogen and oxygen atoms in total. The Hall–Kier alpha value is -3.22. The van der Waals surface area contributed by atoms with Crippen LogP contribution in [0.25, 0.3) is 0 Å². The standard InChI is InChI=1S/C18H18N2O5/c1-10(21)19-11-5-4-6-12(9-11)20-17-13-7-8-14(23-2)16(24-3)15(13)18(22)25-17/h4-9,17,20H,1-3H3,(H,19,21). The van der Waals surface area contributed by atoms with E-state index in [9.17, 15) is 9.59 Å². The Kier molecular flexibility index (Phi) is 4.47. The maximum atomic E-state index is 12.3. The number of hydrogen-bond donors (Lipinski definition) is 2. The van der Waals surface area contributed by atoms with Crippen molar-refractivity contribution in [3.05, 3.63) is 47.5 Å². The van der Waals surface area contributed by atoms with Gasteiger partial charge < -0.3 is 24.8 Å². The van der Waals surface area contributed by atoms with Crippen LogP contribution in [0.2, 0.25) is 0 Å². The van der Waals surface area contributed by atoms with E-state index in [1.807, 2.05) is 6.07 Å². The SMILES string of the molecule is COc1ccc2c(c1OC)C(=O)OC2Nc1cccc(NC(C)=O)c1. The van der Waals surface area contributed by atoms with E-state index < -0.39 is 12.2 Å². The van der Waals surface area contributed by atoms with E-state index in [0.717, 1.165) is 0 Å². The lowest BCUT2D eigenvalue weighted by Gasteiger charge is -2.16. The Morgan fingerprint density at radius 3 is 2.56 bits per heavy atom. The number of fused-ring (bicyclic) bond motifs is 1. The topological polar surface area (TPSA) is 85.9 Å². The number of anilines is 2. The van der Waals surface area contributed by atoms with Crippen LogP contribution >= 0.6 is 0 Å². The summed E-state index contributed by atoms with van der Waals surface area (Å²) in [7, 11) is 2.98. The van der Waals surface area contributed by atoms with Crippen LogP contribution in [0.1, 0.15) is 29.1 Å². The van der Waals surface area contributed by atoms with E-state index in [2.05, 4.69) is 10.6 Å². The fourth-order valence-electron chi connectivity index (χ4n) is 2.75. The minimum atomic E-state index is -0.658. The number of carbonyl (C=O) groups excluding carboxylic acids is 2. The molecule has 2 aromatic carbocycles. The summed E-state index contributed by atoms with van der Waals surface area (Å²) in [5, 5.41) is 5.85. The van der Waals surface area contributed by atoms with Crippen LogP contribution in [-0.2, 0) is 9.53 Å². The second-order valence-electron chi connectivity index (χ2n) is 5.46. The molecule has 1 atom stereocenters. The molecular formula is C18H18N2O5. The summed E-state index contributed by atoms with van der Waals surface area (Å²) in [6.07, 6.45) is -0.658. The number of amides is 1. The van der Waals surface area contributed by atoms with Crippen LogP contribution in [0.4, 0.5) is 11.4 Å². The largest absolute Gasteiger partial charge is 0.493 e. The van der Waals surface area contributed by atoms with Gasteiger partial charge in [0.15, 0.2) is 11.5 Å². The molecule has 1 amide bonds. The van der Waals surface area contributed by atoms with Crippen molar-refractivity contribution in [3.63, 3.8) is 0 Å². The molecule has 0 aromatic heterocycles. The van der Waals surface area contributed by atoms with Gasteiger partial charge in [-0.15, -0.1) is 0 Å². The average molecular weight is 342 g/mol. The van der Waals surface area contributed by atoms with Gasteiger partial charge in [0.25, 0.3) is 0 Å². The van der Waals surface area contributed by atoms with Gasteiger partial charge in [0.2, 0.25) is 12.1 Å². The average Bonchev–Trinajstić information content (AvgIpc) is 2.89. The lowest BCUT2D eigenvalue weighted by atomic mass is 10.1. The molecule has 0 saturated heterocycles. The number of rotatable bonds is 5. The molecule has 0 saturated carbocycles. The Balaban J connectivity index is 1.90. The summed E-state index contributed by atoms with van der Waals surface area (Å²) >= 11 is 0. The summed E-state index contributed by atoms with van der Waals surface area (Å²) in [6.45, 7) is 1.44. The summed E-state index contributed by atoms with van der Waals surface area (Å²) < 4.78 is 16.0. The van der Waals surface area contributed by atoms with Crippen LogP contribution in [0.15, 0.2) is 36.4 Å². The molecule has 0 bridgehead atoms. The minimum absolute atomic E-state index is 0.161. The van der Waals surface area contributed by atoms with Crippen LogP contribution in [0.5, 0.6) is 11.5 Å². The molecule has 1 heterocycles. The van der Waals surface area contributed by atoms with Crippen molar-refractivity contribution in [1.82, 2.24) is 0 Å². The third kappa shape index (κ3) is 3.21. The van der Waals surface area contributed by atoms with Gasteiger partial charge in [-0.25, -0.2) is 4.79 Å². The third-order valence-electron chi connectivity index (χ3n) is 3.77. The second-order valence-corrected chi connectivity index (χ2v) is 5.46. The van der Waals surface area contributed by atoms with Crippen molar-refractivity contribution in [3.8, 4) is 11.5 Å². The zero-order valence-corrected chi connectivity index (χ0v) is 14.1. The highest BCUT2D eigenvalue weighted by Crippen LogP contribution is 2.42. The maximum Gasteiger partial charge on any atom is 0.344 e. The number of cyclic esters (lactones) is 1. The van der Waals surface area contributed by atoms with Crippen molar-refractivity contribution >= 4 is 23.3 Å². The molecule has 1 unspecified atom stereocenters. The Morgan fingerprint density at radius 2 is 1.88 bits per heavy atom. The first kappa shape index (κ1) is 16.6. The third-order valence-corrected chi connectivity index (χ3v) is 3.77. The Bertz CT molecular complexity index is 834. The number of hydrogen-bond acceptors (Lipinski definition) is 6. The fraction of sp³-hybridized carbons (Fsp3) is 0.222. The zero-order valence-electron chi connectivity index (χ0n) is 14.1. The molecule has 1 aliphatic heterocycles. The number of methoxy groups -OCH3 is 2. The molecule has 2 N–H and O–H groups in total. The zero-order chi connectivity index (χ0) is 18.0. The van der Waals surface area contributed by atoms with E-state index in [-0.39, 0.29) is 5.91 Å². The molecular weight excluding hydrogens is 324 g/mol. The van der Waals surface area contributed by atoms with Crippen molar-refractivity contribution in [2.45, 2.75) is 13.2 Å². The minimum Gasteiger partial charge on any atom is -0.493 e. The number of esters is 1. The maximum absolute atomic E-state index is 12.3. The van der Waals surface area contributed by atoms with E-state index in [4.69, 9.17) is 14.2 Å². The highest BCUT2D eigenvalue weighted by atomic mass is 16.6. The van der Waals surface area contributed by atoms with E-state index in [1.165, 1.54) is 21.1 Å². The monoisotopic (exact) mass is 342 g/mol. The van der Waals surface area contributed by atoms with Crippen LogP contribution in [0.3, 0.4) is 0 Å². The van der Waals surface area contributed by atoms with Gasteiger partial charge in [-0.2, -0.15) is 0 Å². The highest BCUT2D eigenvalue weighted by molar-refractivity contribution is 5.98. The number of nitrogens with one attached hydrogen (secondary N) is 2. The number of ether oxygens (including phenoxy) is 3. The smallest absolute Gasteiger partial charge is 0.344 e. The number of carbonyl (C=O) groups is 2. The molecule has 0 aliphatic carbocycles. The molecule has 2 aromatic rings. The predicted octanol–water partition coefficient (Wildman–Crippen LogP) is 2.94. The summed E-state index contributed by atoms with van der Waals surface area (Å²) in [4.78, 5) is 23.5.